The van der Waals surface area contributed by atoms with Crippen LogP contribution in [0, 0.1) is 5.92 Å². The van der Waals surface area contributed by atoms with E-state index in [0.29, 0.717) is 12.0 Å². The molecular weight excluding hydrogens is 330 g/mol. The molecule has 0 aromatic heterocycles. The molecule has 0 saturated carbocycles. The molecule has 1 aromatic carbocycles. The second-order valence-electron chi connectivity index (χ2n) is 6.17. The first kappa shape index (κ1) is 15.5. The predicted octanol–water partition coefficient (Wildman–Crippen LogP) is 3.69. The largest absolute Gasteiger partial charge is 0.378 e. The molecule has 0 aliphatic carbocycles. The standard InChI is InChI=1S/C17H24BrNO2/c1-2-19-16(13-3-5-15(18)6-4-13)14-7-9-21-17(11-14)8-10-20-12-17/h3-6,14,16,19H,2,7-12H2,1H3. The molecule has 4 heteroatoms. The SMILES string of the molecule is CCNC(c1ccc(Br)cc1)C1CCOC2(CCOC2)C1. The zero-order chi connectivity index (χ0) is 14.7. The number of ether oxygens (including phenoxy) is 2. The summed E-state index contributed by atoms with van der Waals surface area (Å²) in [5, 5.41) is 3.68. The molecular formula is C17H24BrNO2. The Balaban J connectivity index is 1.78. The molecule has 2 aliphatic heterocycles. The van der Waals surface area contributed by atoms with Crippen molar-refractivity contribution in [3.05, 3.63) is 34.3 Å². The Morgan fingerprint density at radius 3 is 2.81 bits per heavy atom. The van der Waals surface area contributed by atoms with Gasteiger partial charge in [0.2, 0.25) is 0 Å². The van der Waals surface area contributed by atoms with Crippen molar-refractivity contribution in [2.24, 2.45) is 5.92 Å². The second kappa shape index (κ2) is 6.78. The van der Waals surface area contributed by atoms with E-state index in [2.05, 4.69) is 52.4 Å². The number of benzene rings is 1. The highest BCUT2D eigenvalue weighted by Gasteiger charge is 2.43. The van der Waals surface area contributed by atoms with Gasteiger partial charge in [0.05, 0.1) is 12.2 Å². The normalized spacial score (nSPS) is 30.7. The molecule has 2 saturated heterocycles. The van der Waals surface area contributed by atoms with Gasteiger partial charge in [-0.2, -0.15) is 0 Å². The molecule has 3 nitrogen and oxygen atoms in total. The third-order valence-electron chi connectivity index (χ3n) is 4.72. The van der Waals surface area contributed by atoms with Crippen LogP contribution in [0.15, 0.2) is 28.7 Å². The minimum atomic E-state index is -0.0219. The summed E-state index contributed by atoms with van der Waals surface area (Å²) in [5.74, 6) is 0.613. The number of hydrogen-bond acceptors (Lipinski definition) is 3. The fourth-order valence-electron chi connectivity index (χ4n) is 3.66. The van der Waals surface area contributed by atoms with Gasteiger partial charge in [-0.25, -0.2) is 0 Å². The first-order valence-corrected chi connectivity index (χ1v) is 8.72. The minimum Gasteiger partial charge on any atom is -0.378 e. The molecule has 1 spiro atoms. The lowest BCUT2D eigenvalue weighted by Crippen LogP contribution is -2.44. The molecule has 0 amide bonds. The molecule has 1 aromatic rings. The van der Waals surface area contributed by atoms with Crippen LogP contribution < -0.4 is 5.32 Å². The summed E-state index contributed by atoms with van der Waals surface area (Å²) in [6.45, 7) is 5.63. The van der Waals surface area contributed by atoms with Gasteiger partial charge in [-0.3, -0.25) is 0 Å². The summed E-state index contributed by atoms with van der Waals surface area (Å²) < 4.78 is 12.8. The summed E-state index contributed by atoms with van der Waals surface area (Å²) >= 11 is 3.52. The molecule has 2 aliphatic rings. The summed E-state index contributed by atoms with van der Waals surface area (Å²) in [7, 11) is 0. The highest BCUT2D eigenvalue weighted by molar-refractivity contribution is 9.10. The van der Waals surface area contributed by atoms with E-state index in [1.807, 2.05) is 0 Å². The minimum absolute atomic E-state index is 0.0219. The zero-order valence-corrected chi connectivity index (χ0v) is 14.2. The Morgan fingerprint density at radius 1 is 1.33 bits per heavy atom. The fourth-order valence-corrected chi connectivity index (χ4v) is 3.92. The molecule has 1 N–H and O–H groups in total. The average Bonchev–Trinajstić information content (AvgIpc) is 2.94. The number of hydrogen-bond donors (Lipinski definition) is 1. The van der Waals surface area contributed by atoms with Crippen molar-refractivity contribution in [1.29, 1.82) is 0 Å². The summed E-state index contributed by atoms with van der Waals surface area (Å²) in [6, 6.07) is 9.13. The lowest BCUT2D eigenvalue weighted by molar-refractivity contribution is -0.103. The van der Waals surface area contributed by atoms with Crippen LogP contribution in [0.4, 0.5) is 0 Å². The lowest BCUT2D eigenvalue weighted by Gasteiger charge is -2.40. The van der Waals surface area contributed by atoms with Crippen molar-refractivity contribution in [2.45, 2.75) is 37.8 Å². The average molecular weight is 354 g/mol. The number of nitrogens with one attached hydrogen (secondary N) is 1. The monoisotopic (exact) mass is 353 g/mol. The van der Waals surface area contributed by atoms with Gasteiger partial charge in [0.15, 0.2) is 0 Å². The van der Waals surface area contributed by atoms with Crippen LogP contribution in [0.25, 0.3) is 0 Å². The van der Waals surface area contributed by atoms with Gasteiger partial charge in [0, 0.05) is 30.1 Å². The highest BCUT2D eigenvalue weighted by atomic mass is 79.9. The van der Waals surface area contributed by atoms with Crippen molar-refractivity contribution in [3.63, 3.8) is 0 Å². The Morgan fingerprint density at radius 2 is 2.14 bits per heavy atom. The van der Waals surface area contributed by atoms with E-state index in [-0.39, 0.29) is 5.60 Å². The van der Waals surface area contributed by atoms with E-state index in [1.54, 1.807) is 0 Å². The van der Waals surface area contributed by atoms with Crippen molar-refractivity contribution < 1.29 is 9.47 Å². The first-order chi connectivity index (χ1) is 10.2. The molecule has 2 heterocycles. The molecule has 3 atom stereocenters. The van der Waals surface area contributed by atoms with E-state index in [0.717, 1.165) is 50.1 Å². The Kier molecular flexibility index (Phi) is 4.99. The molecule has 0 bridgehead atoms. The number of rotatable bonds is 4. The van der Waals surface area contributed by atoms with E-state index in [1.165, 1.54) is 5.56 Å². The van der Waals surface area contributed by atoms with Crippen LogP contribution in [-0.4, -0.2) is 32.0 Å². The van der Waals surface area contributed by atoms with Gasteiger partial charge in [0.25, 0.3) is 0 Å². The van der Waals surface area contributed by atoms with Crippen LogP contribution in [0.3, 0.4) is 0 Å². The van der Waals surface area contributed by atoms with E-state index in [4.69, 9.17) is 9.47 Å². The summed E-state index contributed by atoms with van der Waals surface area (Å²) in [6.07, 6.45) is 3.26. The van der Waals surface area contributed by atoms with E-state index in [9.17, 15) is 0 Å². The van der Waals surface area contributed by atoms with Crippen molar-refractivity contribution in [3.8, 4) is 0 Å². The molecule has 3 unspecified atom stereocenters. The smallest absolute Gasteiger partial charge is 0.0940 e. The topological polar surface area (TPSA) is 30.5 Å². The Hall–Kier alpha value is -0.420. The maximum Gasteiger partial charge on any atom is 0.0940 e. The second-order valence-corrected chi connectivity index (χ2v) is 7.09. The van der Waals surface area contributed by atoms with Gasteiger partial charge < -0.3 is 14.8 Å². The maximum atomic E-state index is 6.08. The highest BCUT2D eigenvalue weighted by Crippen LogP contribution is 2.41. The van der Waals surface area contributed by atoms with Crippen LogP contribution in [0.1, 0.15) is 37.8 Å². The van der Waals surface area contributed by atoms with Gasteiger partial charge in [-0.1, -0.05) is 35.0 Å². The Bertz CT molecular complexity index is 456. The van der Waals surface area contributed by atoms with Gasteiger partial charge in [0.1, 0.15) is 0 Å². The van der Waals surface area contributed by atoms with Gasteiger partial charge in [-0.05, 0) is 43.0 Å². The van der Waals surface area contributed by atoms with Crippen LogP contribution in [-0.2, 0) is 9.47 Å². The molecule has 2 fully saturated rings. The van der Waals surface area contributed by atoms with Gasteiger partial charge in [-0.15, -0.1) is 0 Å². The van der Waals surface area contributed by atoms with Crippen molar-refractivity contribution in [2.75, 3.05) is 26.4 Å². The quantitative estimate of drug-likeness (QED) is 0.895. The van der Waals surface area contributed by atoms with E-state index < -0.39 is 0 Å². The molecule has 116 valence electrons. The molecule has 21 heavy (non-hydrogen) atoms. The number of halogens is 1. The molecule has 0 radical (unpaired) electrons. The molecule has 3 rings (SSSR count). The Labute approximate surface area is 135 Å². The maximum absolute atomic E-state index is 6.08. The fraction of sp³-hybridized carbons (Fsp3) is 0.647. The third kappa shape index (κ3) is 3.50. The van der Waals surface area contributed by atoms with Crippen molar-refractivity contribution >= 4 is 15.9 Å². The van der Waals surface area contributed by atoms with E-state index >= 15 is 0 Å². The third-order valence-corrected chi connectivity index (χ3v) is 5.25. The predicted molar refractivity (Wildman–Crippen MR) is 87.4 cm³/mol. The van der Waals surface area contributed by atoms with Crippen LogP contribution in [0.5, 0.6) is 0 Å². The van der Waals surface area contributed by atoms with Gasteiger partial charge >= 0.3 is 0 Å². The summed E-state index contributed by atoms with van der Waals surface area (Å²) in [4.78, 5) is 0. The summed E-state index contributed by atoms with van der Waals surface area (Å²) in [5.41, 5.74) is 1.35. The van der Waals surface area contributed by atoms with Crippen LogP contribution >= 0.6 is 15.9 Å². The zero-order valence-electron chi connectivity index (χ0n) is 12.6. The van der Waals surface area contributed by atoms with Crippen LogP contribution in [0.2, 0.25) is 0 Å². The lowest BCUT2D eigenvalue weighted by atomic mass is 9.79. The van der Waals surface area contributed by atoms with Crippen molar-refractivity contribution in [1.82, 2.24) is 5.32 Å². The first-order valence-electron chi connectivity index (χ1n) is 7.93.